The lowest BCUT2D eigenvalue weighted by atomic mass is 10.0. The molecule has 26 heavy (non-hydrogen) atoms. The molecule has 0 unspecified atom stereocenters. The van der Waals surface area contributed by atoms with Crippen LogP contribution in [0.25, 0.3) is 0 Å². The van der Waals surface area contributed by atoms with Crippen molar-refractivity contribution in [3.05, 3.63) is 29.8 Å². The molecule has 7 heteroatoms. The van der Waals surface area contributed by atoms with Gasteiger partial charge in [0.1, 0.15) is 0 Å². The summed E-state index contributed by atoms with van der Waals surface area (Å²) in [6.07, 6.45) is 3.50. The van der Waals surface area contributed by atoms with Gasteiger partial charge in [0.25, 0.3) is 0 Å². The third-order valence-electron chi connectivity index (χ3n) is 5.23. The second kappa shape index (κ2) is 9.28. The molecule has 142 valence electrons. The van der Waals surface area contributed by atoms with Crippen molar-refractivity contribution in [3.63, 3.8) is 0 Å². The number of urea groups is 1. The molecule has 1 saturated heterocycles. The van der Waals surface area contributed by atoms with Gasteiger partial charge >= 0.3 is 6.03 Å². The van der Waals surface area contributed by atoms with E-state index < -0.39 is 0 Å². The zero-order valence-electron chi connectivity index (χ0n) is 15.1. The molecule has 2 fully saturated rings. The molecule has 0 radical (unpaired) electrons. The van der Waals surface area contributed by atoms with Crippen LogP contribution in [-0.4, -0.2) is 54.0 Å². The van der Waals surface area contributed by atoms with Gasteiger partial charge in [-0.3, -0.25) is 4.79 Å². The Morgan fingerprint density at radius 3 is 2.58 bits per heavy atom. The fourth-order valence-corrected chi connectivity index (χ4v) is 4.65. The molecule has 0 bridgehead atoms. The van der Waals surface area contributed by atoms with Gasteiger partial charge in [-0.15, -0.1) is 0 Å². The number of hydrogen-bond donors (Lipinski definition) is 3. The first-order chi connectivity index (χ1) is 12.6. The first-order valence-corrected chi connectivity index (χ1v) is 10.5. The molecule has 3 amide bonds. The zero-order valence-corrected chi connectivity index (χ0v) is 15.9. The van der Waals surface area contributed by atoms with Crippen LogP contribution in [0.3, 0.4) is 0 Å². The molecular formula is C19H28N4O2S. The van der Waals surface area contributed by atoms with Crippen LogP contribution in [0.5, 0.6) is 0 Å². The Bertz CT molecular complexity index is 616. The van der Waals surface area contributed by atoms with Crippen molar-refractivity contribution in [2.24, 2.45) is 11.7 Å². The summed E-state index contributed by atoms with van der Waals surface area (Å²) in [5.74, 6) is 1.88. The number of anilines is 1. The van der Waals surface area contributed by atoms with Crippen LogP contribution in [-0.2, 0) is 11.2 Å². The molecular weight excluding hydrogens is 348 g/mol. The van der Waals surface area contributed by atoms with E-state index in [2.05, 4.69) is 27.7 Å². The van der Waals surface area contributed by atoms with Gasteiger partial charge in [-0.2, -0.15) is 11.8 Å². The molecule has 2 aliphatic rings. The molecule has 2 atom stereocenters. The molecule has 1 aliphatic carbocycles. The number of amides is 3. The van der Waals surface area contributed by atoms with Crippen LogP contribution in [0, 0.1) is 5.92 Å². The first kappa shape index (κ1) is 19.0. The highest BCUT2D eigenvalue weighted by atomic mass is 32.2. The van der Waals surface area contributed by atoms with Crippen molar-refractivity contribution in [2.45, 2.75) is 31.7 Å². The molecule has 1 heterocycles. The Balaban J connectivity index is 1.44. The second-order valence-electron chi connectivity index (χ2n) is 7.05. The molecule has 3 rings (SSSR count). The van der Waals surface area contributed by atoms with Crippen LogP contribution < -0.4 is 16.4 Å². The molecule has 4 N–H and O–H groups in total. The maximum Gasteiger partial charge on any atom is 0.319 e. The molecule has 0 spiro atoms. The van der Waals surface area contributed by atoms with E-state index in [1.54, 1.807) is 0 Å². The number of nitrogens with zero attached hydrogens (tertiary/aromatic N) is 1. The lowest BCUT2D eigenvalue weighted by Crippen LogP contribution is -2.44. The summed E-state index contributed by atoms with van der Waals surface area (Å²) in [6, 6.07) is 7.56. The number of carbonyl (C=O) groups excluding carboxylic acids is 2. The third kappa shape index (κ3) is 5.38. The third-order valence-corrected chi connectivity index (χ3v) is 6.17. The van der Waals surface area contributed by atoms with Gasteiger partial charge in [-0.05, 0) is 37.0 Å². The van der Waals surface area contributed by atoms with Gasteiger partial charge in [0.05, 0.1) is 5.92 Å². The molecule has 6 nitrogen and oxygen atoms in total. The minimum absolute atomic E-state index is 0.158. The zero-order chi connectivity index (χ0) is 18.4. The van der Waals surface area contributed by atoms with Crippen molar-refractivity contribution < 1.29 is 9.59 Å². The second-order valence-corrected chi connectivity index (χ2v) is 8.27. The average molecular weight is 377 g/mol. The minimum Gasteiger partial charge on any atom is -0.369 e. The number of rotatable bonds is 6. The topological polar surface area (TPSA) is 87.5 Å². The molecule has 0 aromatic heterocycles. The first-order valence-electron chi connectivity index (χ1n) is 9.38. The van der Waals surface area contributed by atoms with Crippen molar-refractivity contribution >= 4 is 29.4 Å². The Morgan fingerprint density at radius 1 is 1.15 bits per heavy atom. The smallest absolute Gasteiger partial charge is 0.319 e. The maximum atomic E-state index is 12.2. The van der Waals surface area contributed by atoms with Crippen LogP contribution in [0.2, 0.25) is 0 Å². The van der Waals surface area contributed by atoms with E-state index in [4.69, 9.17) is 5.73 Å². The maximum absolute atomic E-state index is 12.2. The standard InChI is InChI=1S/C19H28N4O2S/c20-18(24)16-2-1-3-17(16)22-19(25)21-15-6-4-14(5-7-15)8-9-23-10-12-26-13-11-23/h4-7,16-17H,1-3,8-13H2,(H2,20,24)(H2,21,22,25)/t16-,17+/m1/s1. The van der Waals surface area contributed by atoms with Crippen LogP contribution in [0.15, 0.2) is 24.3 Å². The molecule has 1 saturated carbocycles. The molecule has 1 aromatic rings. The lowest BCUT2D eigenvalue weighted by Gasteiger charge is -2.26. The molecule has 1 aliphatic heterocycles. The van der Waals surface area contributed by atoms with Crippen molar-refractivity contribution in [2.75, 3.05) is 36.5 Å². The predicted octanol–water partition coefficient (Wildman–Crippen LogP) is 2.05. The number of thioether (sulfide) groups is 1. The summed E-state index contributed by atoms with van der Waals surface area (Å²) in [7, 11) is 0. The highest BCUT2D eigenvalue weighted by Gasteiger charge is 2.32. The summed E-state index contributed by atoms with van der Waals surface area (Å²) < 4.78 is 0. The van der Waals surface area contributed by atoms with Gasteiger partial charge in [0.15, 0.2) is 0 Å². The predicted molar refractivity (Wildman–Crippen MR) is 106 cm³/mol. The average Bonchev–Trinajstić information content (AvgIpc) is 3.10. The largest absolute Gasteiger partial charge is 0.369 e. The van der Waals surface area contributed by atoms with E-state index in [1.165, 1.54) is 30.2 Å². The SMILES string of the molecule is NC(=O)[C@@H]1CCC[C@@H]1NC(=O)Nc1ccc(CCN2CCSCC2)cc1. The fraction of sp³-hybridized carbons (Fsp3) is 0.579. The summed E-state index contributed by atoms with van der Waals surface area (Å²) in [4.78, 5) is 26.1. The van der Waals surface area contributed by atoms with Gasteiger partial charge < -0.3 is 21.3 Å². The van der Waals surface area contributed by atoms with E-state index in [1.807, 2.05) is 23.9 Å². The Labute approximate surface area is 159 Å². The highest BCUT2D eigenvalue weighted by Crippen LogP contribution is 2.25. The number of carbonyl (C=O) groups is 2. The van der Waals surface area contributed by atoms with Crippen molar-refractivity contribution in [1.82, 2.24) is 10.2 Å². The van der Waals surface area contributed by atoms with Gasteiger partial charge in [-0.1, -0.05) is 18.6 Å². The van der Waals surface area contributed by atoms with Crippen molar-refractivity contribution in [3.8, 4) is 0 Å². The van der Waals surface area contributed by atoms with Gasteiger partial charge in [-0.25, -0.2) is 4.79 Å². The van der Waals surface area contributed by atoms with E-state index >= 15 is 0 Å². The Kier molecular flexibility index (Phi) is 6.80. The summed E-state index contributed by atoms with van der Waals surface area (Å²) in [5, 5.41) is 5.73. The van der Waals surface area contributed by atoms with E-state index in [9.17, 15) is 9.59 Å². The number of hydrogen-bond acceptors (Lipinski definition) is 4. The van der Waals surface area contributed by atoms with Crippen molar-refractivity contribution in [1.29, 1.82) is 0 Å². The normalized spacial score (nSPS) is 23.5. The van der Waals surface area contributed by atoms with Crippen LogP contribution in [0.4, 0.5) is 10.5 Å². The Hall–Kier alpha value is -1.73. The number of benzene rings is 1. The quantitative estimate of drug-likeness (QED) is 0.709. The summed E-state index contributed by atoms with van der Waals surface area (Å²) >= 11 is 2.03. The number of nitrogens with two attached hydrogens (primary N) is 1. The van der Waals surface area contributed by atoms with E-state index in [-0.39, 0.29) is 23.9 Å². The Morgan fingerprint density at radius 2 is 1.88 bits per heavy atom. The summed E-state index contributed by atoms with van der Waals surface area (Å²) in [5.41, 5.74) is 7.44. The number of nitrogens with one attached hydrogen (secondary N) is 2. The highest BCUT2D eigenvalue weighted by molar-refractivity contribution is 7.99. The van der Waals surface area contributed by atoms with E-state index in [0.717, 1.165) is 37.9 Å². The van der Waals surface area contributed by atoms with Crippen LogP contribution in [0.1, 0.15) is 24.8 Å². The van der Waals surface area contributed by atoms with Gasteiger partial charge in [0, 0.05) is 42.9 Å². The minimum atomic E-state index is -0.329. The van der Waals surface area contributed by atoms with E-state index in [0.29, 0.717) is 0 Å². The lowest BCUT2D eigenvalue weighted by molar-refractivity contribution is -0.122. The van der Waals surface area contributed by atoms with Gasteiger partial charge in [0.2, 0.25) is 5.91 Å². The van der Waals surface area contributed by atoms with Crippen LogP contribution >= 0.6 is 11.8 Å². The fourth-order valence-electron chi connectivity index (χ4n) is 3.68. The summed E-state index contributed by atoms with van der Waals surface area (Å²) in [6.45, 7) is 3.44. The number of primary amides is 1. The molecule has 1 aromatic carbocycles. The monoisotopic (exact) mass is 376 g/mol.